The van der Waals surface area contributed by atoms with E-state index in [0.29, 0.717) is 5.56 Å². The van der Waals surface area contributed by atoms with Gasteiger partial charge in [0.1, 0.15) is 5.75 Å². The van der Waals surface area contributed by atoms with Crippen molar-refractivity contribution in [2.75, 3.05) is 12.0 Å². The van der Waals surface area contributed by atoms with Gasteiger partial charge >= 0.3 is 0 Å². The lowest BCUT2D eigenvalue weighted by molar-refractivity contribution is 0.0978. The van der Waals surface area contributed by atoms with Crippen molar-refractivity contribution in [3.8, 4) is 5.75 Å². The molecule has 0 heterocycles. The van der Waals surface area contributed by atoms with Crippen molar-refractivity contribution < 1.29 is 9.53 Å². The van der Waals surface area contributed by atoms with E-state index in [1.54, 1.807) is 19.2 Å². The fourth-order valence-electron chi connectivity index (χ4n) is 2.86. The van der Waals surface area contributed by atoms with E-state index in [2.05, 4.69) is 0 Å². The summed E-state index contributed by atoms with van der Waals surface area (Å²) in [6.45, 7) is 2.05. The number of benzene rings is 3. The van der Waals surface area contributed by atoms with E-state index in [0.717, 1.165) is 17.0 Å². The Balaban J connectivity index is 2.00. The minimum atomic E-state index is -0.0850. The number of carbonyl (C=O) groups excluding carboxylic acids is 1. The monoisotopic (exact) mass is 331 g/mol. The molecule has 0 aliphatic rings. The minimum Gasteiger partial charge on any atom is -0.497 e. The number of methoxy groups -OCH3 is 1. The summed E-state index contributed by atoms with van der Waals surface area (Å²) in [5.41, 5.74) is 2.60. The number of carbonyl (C=O) groups is 1. The molecule has 0 saturated carbocycles. The number of ether oxygens (including phenoxy) is 1. The van der Waals surface area contributed by atoms with Gasteiger partial charge in [-0.15, -0.1) is 0 Å². The van der Waals surface area contributed by atoms with Crippen molar-refractivity contribution in [1.82, 2.24) is 0 Å². The molecule has 126 valence electrons. The first-order valence-electron chi connectivity index (χ1n) is 8.28. The second-order valence-electron chi connectivity index (χ2n) is 5.83. The van der Waals surface area contributed by atoms with E-state index in [1.807, 2.05) is 84.6 Å². The van der Waals surface area contributed by atoms with Crippen molar-refractivity contribution in [2.45, 2.75) is 13.0 Å². The van der Waals surface area contributed by atoms with E-state index in [1.165, 1.54) is 0 Å². The molecule has 3 aromatic rings. The molecule has 3 rings (SSSR count). The highest BCUT2D eigenvalue weighted by molar-refractivity contribution is 6.06. The predicted octanol–water partition coefficient (Wildman–Crippen LogP) is 5.10. The van der Waals surface area contributed by atoms with Gasteiger partial charge in [0, 0.05) is 11.3 Å². The van der Waals surface area contributed by atoms with Crippen LogP contribution in [0.1, 0.15) is 28.9 Å². The molecular weight excluding hydrogens is 310 g/mol. The summed E-state index contributed by atoms with van der Waals surface area (Å²) < 4.78 is 5.19. The Hall–Kier alpha value is -3.07. The molecule has 25 heavy (non-hydrogen) atoms. The van der Waals surface area contributed by atoms with E-state index >= 15 is 0 Å². The lowest BCUT2D eigenvalue weighted by Gasteiger charge is -2.30. The third-order valence-electron chi connectivity index (χ3n) is 4.26. The topological polar surface area (TPSA) is 29.5 Å². The fourth-order valence-corrected chi connectivity index (χ4v) is 2.86. The van der Waals surface area contributed by atoms with Gasteiger partial charge in [-0.25, -0.2) is 0 Å². The van der Waals surface area contributed by atoms with Crippen LogP contribution in [-0.2, 0) is 0 Å². The summed E-state index contributed by atoms with van der Waals surface area (Å²) in [6, 6.07) is 26.9. The molecule has 0 aliphatic carbocycles. The van der Waals surface area contributed by atoms with Gasteiger partial charge in [0.25, 0.3) is 5.91 Å². The number of nitrogens with zero attached hydrogens (tertiary/aromatic N) is 1. The van der Waals surface area contributed by atoms with E-state index < -0.39 is 0 Å². The molecule has 0 aromatic heterocycles. The number of amides is 1. The molecule has 3 aromatic carbocycles. The highest BCUT2D eigenvalue weighted by Gasteiger charge is 2.24. The SMILES string of the molecule is COc1ccc(C(=O)N(c2ccccc2)C(C)c2ccccc2)cc1. The van der Waals surface area contributed by atoms with Crippen LogP contribution in [0.25, 0.3) is 0 Å². The largest absolute Gasteiger partial charge is 0.497 e. The third kappa shape index (κ3) is 3.72. The van der Waals surface area contributed by atoms with Crippen LogP contribution < -0.4 is 9.64 Å². The van der Waals surface area contributed by atoms with Crippen LogP contribution in [0.2, 0.25) is 0 Å². The number of anilines is 1. The molecule has 0 spiro atoms. The van der Waals surface area contributed by atoms with Crippen LogP contribution in [0.5, 0.6) is 5.75 Å². The van der Waals surface area contributed by atoms with Crippen molar-refractivity contribution in [2.24, 2.45) is 0 Å². The maximum atomic E-state index is 13.2. The number of para-hydroxylation sites is 1. The molecule has 1 atom stereocenters. The average Bonchev–Trinajstić information content (AvgIpc) is 2.69. The second-order valence-corrected chi connectivity index (χ2v) is 5.83. The molecule has 1 amide bonds. The molecule has 0 radical (unpaired) electrons. The zero-order chi connectivity index (χ0) is 17.6. The summed E-state index contributed by atoms with van der Waals surface area (Å²) >= 11 is 0. The number of hydrogen-bond acceptors (Lipinski definition) is 2. The van der Waals surface area contributed by atoms with Gasteiger partial charge in [-0.2, -0.15) is 0 Å². The van der Waals surface area contributed by atoms with Gasteiger partial charge < -0.3 is 9.64 Å². The van der Waals surface area contributed by atoms with E-state index in [4.69, 9.17) is 4.74 Å². The Morgan fingerprint density at radius 3 is 1.96 bits per heavy atom. The van der Waals surface area contributed by atoms with Crippen molar-refractivity contribution in [1.29, 1.82) is 0 Å². The van der Waals surface area contributed by atoms with E-state index in [9.17, 15) is 4.79 Å². The zero-order valence-electron chi connectivity index (χ0n) is 14.4. The first-order valence-corrected chi connectivity index (χ1v) is 8.28. The Labute approximate surface area is 148 Å². The van der Waals surface area contributed by atoms with Crippen LogP contribution in [0.4, 0.5) is 5.69 Å². The molecule has 0 bridgehead atoms. The van der Waals surface area contributed by atoms with Gasteiger partial charge in [-0.05, 0) is 48.9 Å². The maximum absolute atomic E-state index is 13.2. The first-order chi connectivity index (χ1) is 12.2. The lowest BCUT2D eigenvalue weighted by atomic mass is 10.0. The van der Waals surface area contributed by atoms with Crippen molar-refractivity contribution in [3.05, 3.63) is 96.1 Å². The van der Waals surface area contributed by atoms with Gasteiger partial charge in [0.05, 0.1) is 13.2 Å². The Bertz CT molecular complexity index is 814. The molecule has 3 nitrogen and oxygen atoms in total. The lowest BCUT2D eigenvalue weighted by Crippen LogP contribution is -2.33. The fraction of sp³-hybridized carbons (Fsp3) is 0.136. The molecule has 0 aliphatic heterocycles. The Kier molecular flexibility index (Phi) is 5.14. The smallest absolute Gasteiger partial charge is 0.258 e. The summed E-state index contributed by atoms with van der Waals surface area (Å²) in [7, 11) is 1.62. The first kappa shape index (κ1) is 16.8. The minimum absolute atomic E-state index is 0.0368. The molecule has 1 unspecified atom stereocenters. The predicted molar refractivity (Wildman–Crippen MR) is 101 cm³/mol. The maximum Gasteiger partial charge on any atom is 0.258 e. The van der Waals surface area contributed by atoms with Crippen LogP contribution in [-0.4, -0.2) is 13.0 Å². The summed E-state index contributed by atoms with van der Waals surface area (Å²) in [5.74, 6) is 0.698. The number of hydrogen-bond donors (Lipinski definition) is 0. The standard InChI is InChI=1S/C22H21NO2/c1-17(18-9-5-3-6-10-18)23(20-11-7-4-8-12-20)22(24)19-13-15-21(25-2)16-14-19/h3-17H,1-2H3. The molecule has 0 fully saturated rings. The van der Waals surface area contributed by atoms with Crippen LogP contribution in [0, 0.1) is 0 Å². The van der Waals surface area contributed by atoms with Crippen LogP contribution >= 0.6 is 0 Å². The third-order valence-corrected chi connectivity index (χ3v) is 4.26. The number of rotatable bonds is 5. The van der Waals surface area contributed by atoms with Gasteiger partial charge in [0.2, 0.25) is 0 Å². The summed E-state index contributed by atoms with van der Waals surface area (Å²) in [4.78, 5) is 15.1. The van der Waals surface area contributed by atoms with Gasteiger partial charge in [-0.3, -0.25) is 4.79 Å². The molecule has 3 heteroatoms. The molecule has 0 saturated heterocycles. The Morgan fingerprint density at radius 1 is 0.840 bits per heavy atom. The summed E-state index contributed by atoms with van der Waals surface area (Å²) in [5, 5.41) is 0. The highest BCUT2D eigenvalue weighted by atomic mass is 16.5. The molecular formula is C22H21NO2. The average molecular weight is 331 g/mol. The van der Waals surface area contributed by atoms with Crippen LogP contribution in [0.3, 0.4) is 0 Å². The van der Waals surface area contributed by atoms with Gasteiger partial charge in [-0.1, -0.05) is 48.5 Å². The highest BCUT2D eigenvalue weighted by Crippen LogP contribution is 2.29. The summed E-state index contributed by atoms with van der Waals surface area (Å²) in [6.07, 6.45) is 0. The van der Waals surface area contributed by atoms with Gasteiger partial charge in [0.15, 0.2) is 0 Å². The van der Waals surface area contributed by atoms with Crippen molar-refractivity contribution >= 4 is 11.6 Å². The van der Waals surface area contributed by atoms with E-state index in [-0.39, 0.29) is 11.9 Å². The quantitative estimate of drug-likeness (QED) is 0.651. The Morgan fingerprint density at radius 2 is 1.40 bits per heavy atom. The normalized spacial score (nSPS) is 11.6. The second kappa shape index (κ2) is 7.67. The van der Waals surface area contributed by atoms with Crippen LogP contribution in [0.15, 0.2) is 84.9 Å². The molecule has 0 N–H and O–H groups in total. The zero-order valence-corrected chi connectivity index (χ0v) is 14.4. The van der Waals surface area contributed by atoms with Crippen molar-refractivity contribution in [3.63, 3.8) is 0 Å².